The van der Waals surface area contributed by atoms with Gasteiger partial charge in [-0.25, -0.2) is 0 Å². The van der Waals surface area contributed by atoms with Crippen LogP contribution in [0.2, 0.25) is 0 Å². The molecule has 0 aromatic heterocycles. The normalized spacial score (nSPS) is 15.2. The van der Waals surface area contributed by atoms with E-state index < -0.39 is 0 Å². The predicted octanol–water partition coefficient (Wildman–Crippen LogP) is 4.47. The number of hydrogen-bond acceptors (Lipinski definition) is 1. The highest BCUT2D eigenvalue weighted by molar-refractivity contribution is 9.10. The van der Waals surface area contributed by atoms with E-state index in [1.165, 1.54) is 31.3 Å². The van der Waals surface area contributed by atoms with Gasteiger partial charge in [0.2, 0.25) is 5.91 Å². The van der Waals surface area contributed by atoms with Crippen molar-refractivity contribution in [3.8, 4) is 0 Å². The van der Waals surface area contributed by atoms with Crippen LogP contribution in [0.25, 0.3) is 6.08 Å². The Bertz CT molecular complexity index is 502. The van der Waals surface area contributed by atoms with Crippen molar-refractivity contribution in [1.29, 1.82) is 0 Å². The Morgan fingerprint density at radius 2 is 2.05 bits per heavy atom. The fraction of sp³-hybridized carbons (Fsp3) is 0.353. The first-order valence-corrected chi connectivity index (χ1v) is 7.93. The van der Waals surface area contributed by atoms with Crippen molar-refractivity contribution in [2.75, 3.05) is 6.54 Å². The zero-order chi connectivity index (χ0) is 14.2. The van der Waals surface area contributed by atoms with E-state index in [-0.39, 0.29) is 5.91 Å². The van der Waals surface area contributed by atoms with Gasteiger partial charge in [-0.15, -0.1) is 0 Å². The van der Waals surface area contributed by atoms with Crippen molar-refractivity contribution in [2.45, 2.75) is 32.1 Å². The van der Waals surface area contributed by atoms with E-state index in [9.17, 15) is 4.79 Å². The lowest BCUT2D eigenvalue weighted by atomic mass is 9.97. The Kier molecular flexibility index (Phi) is 6.06. The molecule has 20 heavy (non-hydrogen) atoms. The van der Waals surface area contributed by atoms with E-state index in [4.69, 9.17) is 0 Å². The molecule has 1 aliphatic carbocycles. The molecule has 1 amide bonds. The maximum Gasteiger partial charge on any atom is 0.244 e. The Hall–Kier alpha value is -1.35. The molecule has 0 radical (unpaired) electrons. The average Bonchev–Trinajstić information content (AvgIpc) is 2.48. The second-order valence-electron chi connectivity index (χ2n) is 5.03. The number of rotatable bonds is 5. The van der Waals surface area contributed by atoms with Gasteiger partial charge in [0.1, 0.15) is 0 Å². The van der Waals surface area contributed by atoms with Crippen LogP contribution < -0.4 is 5.32 Å². The summed E-state index contributed by atoms with van der Waals surface area (Å²) in [5.41, 5.74) is 2.52. The molecule has 3 heteroatoms. The van der Waals surface area contributed by atoms with Crippen LogP contribution in [0.15, 0.2) is 46.5 Å². The summed E-state index contributed by atoms with van der Waals surface area (Å²) in [5.74, 6) is -0.0238. The summed E-state index contributed by atoms with van der Waals surface area (Å²) in [5, 5.41) is 2.94. The van der Waals surface area contributed by atoms with Crippen LogP contribution in [-0.4, -0.2) is 12.5 Å². The largest absolute Gasteiger partial charge is 0.352 e. The first-order chi connectivity index (χ1) is 9.74. The standard InChI is InChI=1S/C17H20BrNO/c18-16-9-6-15(7-10-16)8-11-17(20)19-13-12-14-4-2-1-3-5-14/h4,6-11H,1-3,5,12-13H2,(H,19,20). The molecule has 1 N–H and O–H groups in total. The van der Waals surface area contributed by atoms with E-state index in [0.717, 1.165) is 23.0 Å². The van der Waals surface area contributed by atoms with Gasteiger partial charge in [-0.05, 0) is 55.9 Å². The van der Waals surface area contributed by atoms with Gasteiger partial charge in [0.05, 0.1) is 0 Å². The molecule has 0 saturated heterocycles. The van der Waals surface area contributed by atoms with Crippen LogP contribution in [0, 0.1) is 0 Å². The third kappa shape index (κ3) is 5.33. The highest BCUT2D eigenvalue weighted by Gasteiger charge is 2.03. The average molecular weight is 334 g/mol. The van der Waals surface area contributed by atoms with Crippen LogP contribution in [0.4, 0.5) is 0 Å². The van der Waals surface area contributed by atoms with Gasteiger partial charge in [0.25, 0.3) is 0 Å². The fourth-order valence-corrected chi connectivity index (χ4v) is 2.55. The molecule has 2 rings (SSSR count). The molecule has 2 nitrogen and oxygen atoms in total. The number of halogens is 1. The summed E-state index contributed by atoms with van der Waals surface area (Å²) in [6, 6.07) is 7.88. The molecule has 0 saturated carbocycles. The molecular formula is C17H20BrNO. The zero-order valence-electron chi connectivity index (χ0n) is 11.6. The van der Waals surface area contributed by atoms with Gasteiger partial charge < -0.3 is 5.32 Å². The van der Waals surface area contributed by atoms with E-state index in [2.05, 4.69) is 27.3 Å². The van der Waals surface area contributed by atoms with Crippen LogP contribution >= 0.6 is 15.9 Å². The van der Waals surface area contributed by atoms with E-state index in [1.807, 2.05) is 30.3 Å². The summed E-state index contributed by atoms with van der Waals surface area (Å²) in [7, 11) is 0. The Morgan fingerprint density at radius 1 is 1.25 bits per heavy atom. The van der Waals surface area contributed by atoms with Gasteiger partial charge in [-0.2, -0.15) is 0 Å². The molecule has 0 atom stereocenters. The van der Waals surface area contributed by atoms with Gasteiger partial charge >= 0.3 is 0 Å². The van der Waals surface area contributed by atoms with E-state index >= 15 is 0 Å². The van der Waals surface area contributed by atoms with E-state index in [0.29, 0.717) is 0 Å². The lowest BCUT2D eigenvalue weighted by Gasteiger charge is -2.12. The van der Waals surface area contributed by atoms with Gasteiger partial charge in [-0.1, -0.05) is 39.7 Å². The van der Waals surface area contributed by atoms with Crippen LogP contribution in [-0.2, 0) is 4.79 Å². The molecule has 0 bridgehead atoms. The molecule has 1 aliphatic rings. The van der Waals surface area contributed by atoms with Crippen molar-refractivity contribution in [2.24, 2.45) is 0 Å². The minimum absolute atomic E-state index is 0.0238. The summed E-state index contributed by atoms with van der Waals surface area (Å²) < 4.78 is 1.04. The molecule has 1 aromatic carbocycles. The summed E-state index contributed by atoms with van der Waals surface area (Å²) in [6.07, 6.45) is 11.7. The SMILES string of the molecule is O=C(C=Cc1ccc(Br)cc1)NCCC1=CCCCC1. The minimum atomic E-state index is -0.0238. The number of nitrogens with one attached hydrogen (secondary N) is 1. The molecule has 1 aromatic rings. The maximum absolute atomic E-state index is 11.7. The second-order valence-corrected chi connectivity index (χ2v) is 5.95. The smallest absolute Gasteiger partial charge is 0.244 e. The third-order valence-electron chi connectivity index (χ3n) is 3.43. The quantitative estimate of drug-likeness (QED) is 0.625. The Labute approximate surface area is 129 Å². The third-order valence-corrected chi connectivity index (χ3v) is 3.96. The first-order valence-electron chi connectivity index (χ1n) is 7.13. The second kappa shape index (κ2) is 8.05. The number of carbonyl (C=O) groups is 1. The molecule has 0 unspecified atom stereocenters. The molecule has 0 spiro atoms. The lowest BCUT2D eigenvalue weighted by Crippen LogP contribution is -2.22. The summed E-state index contributed by atoms with van der Waals surface area (Å²) in [6.45, 7) is 0.731. The zero-order valence-corrected chi connectivity index (χ0v) is 13.2. The van der Waals surface area contributed by atoms with Crippen molar-refractivity contribution < 1.29 is 4.79 Å². The van der Waals surface area contributed by atoms with Crippen molar-refractivity contribution in [3.05, 3.63) is 52.0 Å². The van der Waals surface area contributed by atoms with Crippen molar-refractivity contribution >= 4 is 27.9 Å². The first kappa shape index (κ1) is 15.0. The van der Waals surface area contributed by atoms with Gasteiger partial charge in [0.15, 0.2) is 0 Å². The molecule has 0 heterocycles. The maximum atomic E-state index is 11.7. The number of carbonyl (C=O) groups excluding carboxylic acids is 1. The lowest BCUT2D eigenvalue weighted by molar-refractivity contribution is -0.116. The summed E-state index contributed by atoms with van der Waals surface area (Å²) >= 11 is 3.39. The van der Waals surface area contributed by atoms with Gasteiger partial charge in [-0.3, -0.25) is 4.79 Å². The summed E-state index contributed by atoms with van der Waals surface area (Å²) in [4.78, 5) is 11.7. The van der Waals surface area contributed by atoms with E-state index in [1.54, 1.807) is 6.08 Å². The van der Waals surface area contributed by atoms with Crippen LogP contribution in [0.3, 0.4) is 0 Å². The number of allylic oxidation sites excluding steroid dienone is 1. The fourth-order valence-electron chi connectivity index (χ4n) is 2.28. The highest BCUT2D eigenvalue weighted by Crippen LogP contribution is 2.19. The van der Waals surface area contributed by atoms with Crippen LogP contribution in [0.5, 0.6) is 0 Å². The topological polar surface area (TPSA) is 29.1 Å². The molecule has 0 aliphatic heterocycles. The highest BCUT2D eigenvalue weighted by atomic mass is 79.9. The predicted molar refractivity (Wildman–Crippen MR) is 87.4 cm³/mol. The van der Waals surface area contributed by atoms with Crippen molar-refractivity contribution in [3.63, 3.8) is 0 Å². The minimum Gasteiger partial charge on any atom is -0.352 e. The number of benzene rings is 1. The van der Waals surface area contributed by atoms with Crippen molar-refractivity contribution in [1.82, 2.24) is 5.32 Å². The molecule has 0 fully saturated rings. The number of amides is 1. The Balaban J connectivity index is 1.72. The monoisotopic (exact) mass is 333 g/mol. The number of hydrogen-bond donors (Lipinski definition) is 1. The molecule has 106 valence electrons. The molecular weight excluding hydrogens is 314 g/mol. The van der Waals surface area contributed by atoms with Crippen LogP contribution in [0.1, 0.15) is 37.7 Å². The Morgan fingerprint density at radius 3 is 2.75 bits per heavy atom. The van der Waals surface area contributed by atoms with Gasteiger partial charge in [0, 0.05) is 17.1 Å².